The molecular formula is C17H30N6O3S. The van der Waals surface area contributed by atoms with Crippen LogP contribution in [0.5, 0.6) is 0 Å². The molecule has 2 aliphatic heterocycles. The number of piperidine rings is 1. The summed E-state index contributed by atoms with van der Waals surface area (Å²) in [4.78, 5) is 9.08. The number of guanidine groups is 1. The number of sulfonamides is 1. The molecule has 2 saturated heterocycles. The first-order chi connectivity index (χ1) is 13.0. The minimum Gasteiger partial charge on any atom is -0.364 e. The first kappa shape index (κ1) is 20.1. The quantitative estimate of drug-likeness (QED) is 0.553. The predicted molar refractivity (Wildman–Crippen MR) is 104 cm³/mol. The first-order valence-corrected chi connectivity index (χ1v) is 11.3. The zero-order valence-electron chi connectivity index (χ0n) is 16.2. The summed E-state index contributed by atoms with van der Waals surface area (Å²) in [5, 5.41) is 7.46. The van der Waals surface area contributed by atoms with Gasteiger partial charge in [-0.25, -0.2) is 12.7 Å². The normalized spacial score (nSPS) is 21.6. The highest BCUT2D eigenvalue weighted by Gasteiger charge is 2.26. The molecule has 27 heavy (non-hydrogen) atoms. The van der Waals surface area contributed by atoms with Gasteiger partial charge in [-0.3, -0.25) is 9.89 Å². The lowest BCUT2D eigenvalue weighted by molar-refractivity contribution is 0.168. The average Bonchev–Trinajstić information content (AvgIpc) is 3.16. The van der Waals surface area contributed by atoms with Crippen molar-refractivity contribution in [3.05, 3.63) is 18.0 Å². The molecule has 0 spiro atoms. The van der Waals surface area contributed by atoms with Gasteiger partial charge in [-0.05, 0) is 18.8 Å². The zero-order chi connectivity index (χ0) is 19.3. The van der Waals surface area contributed by atoms with Gasteiger partial charge in [0.2, 0.25) is 10.0 Å². The molecule has 2 fully saturated rings. The van der Waals surface area contributed by atoms with Crippen molar-refractivity contribution in [2.75, 3.05) is 59.1 Å². The van der Waals surface area contributed by atoms with Crippen molar-refractivity contribution in [3.63, 3.8) is 0 Å². The molecule has 1 aromatic heterocycles. The lowest BCUT2D eigenvalue weighted by atomic mass is 9.98. The third-order valence-corrected chi connectivity index (χ3v) is 6.66. The van der Waals surface area contributed by atoms with Crippen LogP contribution < -0.4 is 5.32 Å². The van der Waals surface area contributed by atoms with Crippen LogP contribution in [0.15, 0.2) is 21.8 Å². The number of nitrogens with zero attached hydrogens (tertiary/aromatic N) is 5. The molecule has 2 aliphatic rings. The smallest absolute Gasteiger partial charge is 0.211 e. The fraction of sp³-hybridized carbons (Fsp3) is 0.765. The van der Waals surface area contributed by atoms with Gasteiger partial charge in [0.25, 0.3) is 0 Å². The van der Waals surface area contributed by atoms with E-state index in [0.29, 0.717) is 19.0 Å². The van der Waals surface area contributed by atoms with E-state index in [2.05, 4.69) is 25.3 Å². The zero-order valence-corrected chi connectivity index (χ0v) is 17.0. The Balaban J connectivity index is 1.40. The van der Waals surface area contributed by atoms with E-state index in [1.807, 2.05) is 13.1 Å². The highest BCUT2D eigenvalue weighted by atomic mass is 32.2. The van der Waals surface area contributed by atoms with E-state index in [1.54, 1.807) is 10.6 Å². The molecule has 0 aliphatic carbocycles. The van der Waals surface area contributed by atoms with Crippen LogP contribution >= 0.6 is 0 Å². The second kappa shape index (κ2) is 9.03. The van der Waals surface area contributed by atoms with Gasteiger partial charge in [0.15, 0.2) is 5.96 Å². The van der Waals surface area contributed by atoms with Gasteiger partial charge in [0.1, 0.15) is 6.26 Å². The molecule has 0 atom stereocenters. The Morgan fingerprint density at radius 2 is 1.96 bits per heavy atom. The summed E-state index contributed by atoms with van der Waals surface area (Å²) in [6.45, 7) is 6.64. The summed E-state index contributed by atoms with van der Waals surface area (Å²) in [6.07, 6.45) is 4.68. The van der Waals surface area contributed by atoms with Crippen molar-refractivity contribution in [2.45, 2.75) is 19.4 Å². The van der Waals surface area contributed by atoms with Gasteiger partial charge in [0.05, 0.1) is 11.9 Å². The SMILES string of the molecule is CN=C(NCC1CCN(S(C)(=O)=O)CC1)N1CCN(Cc2ccon2)CC1. The van der Waals surface area contributed by atoms with E-state index in [9.17, 15) is 8.42 Å². The van der Waals surface area contributed by atoms with E-state index in [1.165, 1.54) is 6.26 Å². The third kappa shape index (κ3) is 5.66. The van der Waals surface area contributed by atoms with E-state index in [-0.39, 0.29) is 0 Å². The van der Waals surface area contributed by atoms with Crippen LogP contribution in [0.2, 0.25) is 0 Å². The molecule has 0 unspecified atom stereocenters. The summed E-state index contributed by atoms with van der Waals surface area (Å²) in [7, 11) is -1.24. The maximum absolute atomic E-state index is 11.6. The number of nitrogens with one attached hydrogen (secondary N) is 1. The number of aliphatic imine (C=N–C) groups is 1. The lowest BCUT2D eigenvalue weighted by Crippen LogP contribution is -2.53. The van der Waals surface area contributed by atoms with Crippen LogP contribution in [0.4, 0.5) is 0 Å². The Kier molecular flexibility index (Phi) is 6.72. The maximum atomic E-state index is 11.6. The van der Waals surface area contributed by atoms with Gasteiger partial charge in [-0.2, -0.15) is 0 Å². The van der Waals surface area contributed by atoms with Crippen LogP contribution in [0.3, 0.4) is 0 Å². The molecule has 1 aromatic rings. The summed E-state index contributed by atoms with van der Waals surface area (Å²) in [5.41, 5.74) is 0.964. The second-order valence-electron chi connectivity index (χ2n) is 7.29. The standard InChI is InChI=1S/C17H30N6O3S/c1-18-17(19-13-15-3-6-23(7-4-15)27(2,24)25)22-10-8-21(9-11-22)14-16-5-12-26-20-16/h5,12,15H,3-4,6-11,13-14H2,1-2H3,(H,18,19). The largest absolute Gasteiger partial charge is 0.364 e. The first-order valence-electron chi connectivity index (χ1n) is 9.48. The predicted octanol–water partition coefficient (Wildman–Crippen LogP) is 0.0392. The van der Waals surface area contributed by atoms with Gasteiger partial charge in [-0.15, -0.1) is 0 Å². The Hall–Kier alpha value is -1.65. The van der Waals surface area contributed by atoms with E-state index >= 15 is 0 Å². The summed E-state index contributed by atoms with van der Waals surface area (Å²) >= 11 is 0. The number of piperazine rings is 1. The van der Waals surface area contributed by atoms with E-state index < -0.39 is 10.0 Å². The summed E-state index contributed by atoms with van der Waals surface area (Å²) in [6, 6.07) is 1.90. The molecule has 0 saturated carbocycles. The van der Waals surface area contributed by atoms with Gasteiger partial charge < -0.3 is 14.7 Å². The van der Waals surface area contributed by atoms with Crippen molar-refractivity contribution in [1.29, 1.82) is 0 Å². The Morgan fingerprint density at radius 1 is 1.26 bits per heavy atom. The molecule has 3 rings (SSSR count). The highest BCUT2D eigenvalue weighted by molar-refractivity contribution is 7.88. The van der Waals surface area contributed by atoms with Crippen molar-refractivity contribution in [1.82, 2.24) is 24.6 Å². The molecule has 9 nitrogen and oxygen atoms in total. The van der Waals surface area contributed by atoms with Crippen LogP contribution in [0, 0.1) is 5.92 Å². The van der Waals surface area contributed by atoms with Crippen LogP contribution in [0.25, 0.3) is 0 Å². The molecule has 152 valence electrons. The van der Waals surface area contributed by atoms with E-state index in [0.717, 1.165) is 63.8 Å². The van der Waals surface area contributed by atoms with Crippen molar-refractivity contribution >= 4 is 16.0 Å². The minimum atomic E-state index is -3.06. The number of hydrogen-bond acceptors (Lipinski definition) is 6. The lowest BCUT2D eigenvalue weighted by Gasteiger charge is -2.37. The fourth-order valence-electron chi connectivity index (χ4n) is 3.68. The molecular weight excluding hydrogens is 368 g/mol. The summed E-state index contributed by atoms with van der Waals surface area (Å²) < 4.78 is 29.7. The Labute approximate surface area is 161 Å². The number of aromatic nitrogens is 1. The molecule has 0 amide bonds. The van der Waals surface area contributed by atoms with Crippen LogP contribution in [0.1, 0.15) is 18.5 Å². The molecule has 3 heterocycles. The van der Waals surface area contributed by atoms with Crippen LogP contribution in [-0.4, -0.2) is 92.8 Å². The molecule has 10 heteroatoms. The van der Waals surface area contributed by atoms with E-state index in [4.69, 9.17) is 4.52 Å². The third-order valence-electron chi connectivity index (χ3n) is 5.35. The highest BCUT2D eigenvalue weighted by Crippen LogP contribution is 2.18. The van der Waals surface area contributed by atoms with Gasteiger partial charge in [-0.1, -0.05) is 5.16 Å². The molecule has 0 radical (unpaired) electrons. The van der Waals surface area contributed by atoms with Gasteiger partial charge in [0, 0.05) is 65.5 Å². The van der Waals surface area contributed by atoms with Gasteiger partial charge >= 0.3 is 0 Å². The number of hydrogen-bond donors (Lipinski definition) is 1. The maximum Gasteiger partial charge on any atom is 0.211 e. The van der Waals surface area contributed by atoms with Crippen molar-refractivity contribution in [2.24, 2.45) is 10.9 Å². The van der Waals surface area contributed by atoms with Crippen LogP contribution in [-0.2, 0) is 16.6 Å². The molecule has 0 bridgehead atoms. The topological polar surface area (TPSA) is 94.3 Å². The Bertz CT molecular complexity index is 705. The van der Waals surface area contributed by atoms with Crippen molar-refractivity contribution in [3.8, 4) is 0 Å². The second-order valence-corrected chi connectivity index (χ2v) is 9.27. The average molecular weight is 399 g/mol. The summed E-state index contributed by atoms with van der Waals surface area (Å²) in [5.74, 6) is 1.41. The number of rotatable bonds is 5. The molecule has 1 N–H and O–H groups in total. The molecule has 0 aromatic carbocycles. The van der Waals surface area contributed by atoms with Crippen molar-refractivity contribution < 1.29 is 12.9 Å². The monoisotopic (exact) mass is 398 g/mol. The fourth-order valence-corrected chi connectivity index (χ4v) is 4.55. The Morgan fingerprint density at radius 3 is 2.52 bits per heavy atom. The minimum absolute atomic E-state index is 0.480.